The van der Waals surface area contributed by atoms with Crippen molar-refractivity contribution in [3.8, 4) is 0 Å². The van der Waals surface area contributed by atoms with Crippen LogP contribution in [0.5, 0.6) is 0 Å². The Bertz CT molecular complexity index is 345. The van der Waals surface area contributed by atoms with Crippen molar-refractivity contribution in [1.29, 1.82) is 0 Å². The number of hydrogen-bond donors (Lipinski definition) is 1. The van der Waals surface area contributed by atoms with Crippen molar-refractivity contribution in [2.45, 2.75) is 25.8 Å². The van der Waals surface area contributed by atoms with E-state index < -0.39 is 11.6 Å². The zero-order valence-electron chi connectivity index (χ0n) is 8.11. The first-order valence-corrected chi connectivity index (χ1v) is 4.93. The maximum Gasteiger partial charge on any atom is 0.159 e. The third-order valence-corrected chi connectivity index (χ3v) is 2.76. The first kappa shape index (κ1) is 9.59. The molecule has 76 valence electrons. The van der Waals surface area contributed by atoms with Gasteiger partial charge in [-0.15, -0.1) is 0 Å². The molecule has 1 N–H and O–H groups in total. The molecular weight excluding hydrogens is 184 g/mol. The van der Waals surface area contributed by atoms with E-state index >= 15 is 0 Å². The van der Waals surface area contributed by atoms with Crippen molar-refractivity contribution in [1.82, 2.24) is 5.32 Å². The molecule has 1 heterocycles. The Morgan fingerprint density at radius 1 is 1.36 bits per heavy atom. The molecule has 1 aromatic carbocycles. The molecule has 1 fully saturated rings. The Balaban J connectivity index is 2.40. The predicted molar refractivity (Wildman–Crippen MR) is 51.1 cm³/mol. The summed E-state index contributed by atoms with van der Waals surface area (Å²) >= 11 is 0. The smallest absolute Gasteiger partial charge is 0.159 e. The van der Waals surface area contributed by atoms with Crippen LogP contribution in [0.15, 0.2) is 12.1 Å². The van der Waals surface area contributed by atoms with Crippen LogP contribution in [-0.2, 0) is 6.42 Å². The van der Waals surface area contributed by atoms with Crippen LogP contribution in [0.3, 0.4) is 0 Å². The Kier molecular flexibility index (Phi) is 2.50. The maximum atomic E-state index is 13.0. The van der Waals surface area contributed by atoms with Crippen LogP contribution in [0.2, 0.25) is 0 Å². The van der Waals surface area contributed by atoms with Gasteiger partial charge in [0.1, 0.15) is 0 Å². The third-order valence-electron chi connectivity index (χ3n) is 2.76. The normalized spacial score (nSPS) is 20.6. The molecule has 0 spiro atoms. The van der Waals surface area contributed by atoms with E-state index in [0.717, 1.165) is 30.5 Å². The van der Waals surface area contributed by atoms with E-state index in [2.05, 4.69) is 5.32 Å². The molecule has 1 saturated heterocycles. The largest absolute Gasteiger partial charge is 0.310 e. The van der Waals surface area contributed by atoms with Crippen molar-refractivity contribution in [2.75, 3.05) is 6.54 Å². The maximum absolute atomic E-state index is 13.0. The van der Waals surface area contributed by atoms with Crippen LogP contribution < -0.4 is 5.32 Å². The highest BCUT2D eigenvalue weighted by Crippen LogP contribution is 2.28. The lowest BCUT2D eigenvalue weighted by atomic mass is 9.92. The van der Waals surface area contributed by atoms with Gasteiger partial charge in [-0.2, -0.15) is 0 Å². The number of aryl methyl sites for hydroxylation is 1. The summed E-state index contributed by atoms with van der Waals surface area (Å²) in [6.07, 6.45) is 1.75. The Hall–Kier alpha value is -0.960. The molecule has 0 aliphatic carbocycles. The predicted octanol–water partition coefficient (Wildman–Crippen LogP) is 2.56. The van der Waals surface area contributed by atoms with E-state index in [1.54, 1.807) is 0 Å². The first-order valence-electron chi connectivity index (χ1n) is 4.93. The van der Waals surface area contributed by atoms with Gasteiger partial charge in [-0.1, -0.05) is 6.92 Å². The second-order valence-corrected chi connectivity index (χ2v) is 3.61. The molecular formula is C11H13F2N. The zero-order valence-corrected chi connectivity index (χ0v) is 8.11. The van der Waals surface area contributed by atoms with Gasteiger partial charge in [0.15, 0.2) is 11.6 Å². The monoisotopic (exact) mass is 197 g/mol. The fraction of sp³-hybridized carbons (Fsp3) is 0.455. The molecule has 0 unspecified atom stereocenters. The molecule has 14 heavy (non-hydrogen) atoms. The van der Waals surface area contributed by atoms with Crippen molar-refractivity contribution in [3.63, 3.8) is 0 Å². The quantitative estimate of drug-likeness (QED) is 0.768. The fourth-order valence-corrected chi connectivity index (χ4v) is 1.79. The van der Waals surface area contributed by atoms with Crippen LogP contribution in [0, 0.1) is 11.6 Å². The molecule has 0 saturated carbocycles. The summed E-state index contributed by atoms with van der Waals surface area (Å²) in [7, 11) is 0. The molecule has 1 aliphatic heterocycles. The molecule has 1 aliphatic rings. The molecule has 0 amide bonds. The van der Waals surface area contributed by atoms with Crippen LogP contribution in [0.25, 0.3) is 0 Å². The summed E-state index contributed by atoms with van der Waals surface area (Å²) in [6, 6.07) is 2.86. The number of hydrogen-bond acceptors (Lipinski definition) is 1. The zero-order chi connectivity index (χ0) is 10.1. The van der Waals surface area contributed by atoms with Gasteiger partial charge in [0.25, 0.3) is 0 Å². The van der Waals surface area contributed by atoms with Gasteiger partial charge in [-0.25, -0.2) is 8.78 Å². The number of benzene rings is 1. The Labute approximate surface area is 82.1 Å². The van der Waals surface area contributed by atoms with Gasteiger partial charge < -0.3 is 5.32 Å². The minimum atomic E-state index is -0.745. The summed E-state index contributed by atoms with van der Waals surface area (Å²) in [5.74, 6) is -1.49. The Morgan fingerprint density at radius 2 is 2.00 bits per heavy atom. The second-order valence-electron chi connectivity index (χ2n) is 3.61. The van der Waals surface area contributed by atoms with E-state index in [0.29, 0.717) is 0 Å². The third kappa shape index (κ3) is 1.52. The molecule has 0 bridgehead atoms. The van der Waals surface area contributed by atoms with Gasteiger partial charge in [0.05, 0.1) is 0 Å². The highest BCUT2D eigenvalue weighted by atomic mass is 19.2. The van der Waals surface area contributed by atoms with E-state index in [4.69, 9.17) is 0 Å². The lowest BCUT2D eigenvalue weighted by Crippen LogP contribution is -2.35. The minimum Gasteiger partial charge on any atom is -0.310 e. The van der Waals surface area contributed by atoms with Crippen molar-refractivity contribution in [3.05, 3.63) is 34.9 Å². The van der Waals surface area contributed by atoms with E-state index in [1.165, 1.54) is 12.1 Å². The molecule has 0 radical (unpaired) electrons. The first-order chi connectivity index (χ1) is 6.72. The highest BCUT2D eigenvalue weighted by molar-refractivity contribution is 5.32. The molecule has 1 nitrogen and oxygen atoms in total. The Morgan fingerprint density at radius 3 is 2.50 bits per heavy atom. The van der Waals surface area contributed by atoms with Crippen molar-refractivity contribution >= 4 is 0 Å². The lowest BCUT2D eigenvalue weighted by Gasteiger charge is -2.29. The van der Waals surface area contributed by atoms with E-state index in [1.807, 2.05) is 6.92 Å². The summed E-state index contributed by atoms with van der Waals surface area (Å²) in [4.78, 5) is 0. The van der Waals surface area contributed by atoms with Gasteiger partial charge in [0, 0.05) is 6.04 Å². The fourth-order valence-electron chi connectivity index (χ4n) is 1.79. The second kappa shape index (κ2) is 3.65. The molecule has 2 rings (SSSR count). The SMILES string of the molecule is CCc1cc(F)c(F)cc1[C@@H]1CCN1. The average molecular weight is 197 g/mol. The standard InChI is InChI=1S/C11H13F2N/c1-2-7-5-9(12)10(13)6-8(7)11-3-4-14-11/h5-6,11,14H,2-4H2,1H3/t11-/m0/s1. The van der Waals surface area contributed by atoms with Gasteiger partial charge in [-0.05, 0) is 42.6 Å². The summed E-state index contributed by atoms with van der Waals surface area (Å²) in [5, 5.41) is 3.19. The summed E-state index contributed by atoms with van der Waals surface area (Å²) < 4.78 is 25.9. The summed E-state index contributed by atoms with van der Waals surface area (Å²) in [6.45, 7) is 2.92. The van der Waals surface area contributed by atoms with Crippen molar-refractivity contribution in [2.24, 2.45) is 0 Å². The van der Waals surface area contributed by atoms with Gasteiger partial charge >= 0.3 is 0 Å². The van der Waals surface area contributed by atoms with Crippen LogP contribution in [-0.4, -0.2) is 6.54 Å². The molecule has 1 aromatic rings. The highest BCUT2D eigenvalue weighted by Gasteiger charge is 2.22. The number of halogens is 2. The minimum absolute atomic E-state index is 0.222. The van der Waals surface area contributed by atoms with Crippen LogP contribution in [0.4, 0.5) is 8.78 Å². The topological polar surface area (TPSA) is 12.0 Å². The van der Waals surface area contributed by atoms with Gasteiger partial charge in [-0.3, -0.25) is 0 Å². The van der Waals surface area contributed by atoms with E-state index in [9.17, 15) is 8.78 Å². The number of rotatable bonds is 2. The lowest BCUT2D eigenvalue weighted by molar-refractivity contribution is 0.378. The van der Waals surface area contributed by atoms with Crippen LogP contribution in [0.1, 0.15) is 30.5 Å². The average Bonchev–Trinajstić information content (AvgIpc) is 2.08. The molecule has 0 aromatic heterocycles. The van der Waals surface area contributed by atoms with Crippen molar-refractivity contribution < 1.29 is 8.78 Å². The van der Waals surface area contributed by atoms with Gasteiger partial charge in [0.2, 0.25) is 0 Å². The summed E-state index contributed by atoms with van der Waals surface area (Å²) in [5.41, 5.74) is 1.82. The molecule has 1 atom stereocenters. The van der Waals surface area contributed by atoms with E-state index in [-0.39, 0.29) is 6.04 Å². The number of nitrogens with one attached hydrogen (secondary N) is 1. The molecule has 3 heteroatoms. The van der Waals surface area contributed by atoms with Crippen LogP contribution >= 0.6 is 0 Å².